The molecule has 5 N–H and O–H groups in total. The third-order valence-corrected chi connectivity index (χ3v) is 2.96. The molecular weight excluding hydrogens is 307 g/mol. The van der Waals surface area contributed by atoms with Crippen LogP contribution in [0, 0.1) is 11.2 Å². The van der Waals surface area contributed by atoms with Crippen molar-refractivity contribution in [2.75, 3.05) is 10.6 Å². The molecule has 0 unspecified atom stereocenters. The maximum Gasteiger partial charge on any atom is 0.229 e. The van der Waals surface area contributed by atoms with Crippen molar-refractivity contribution < 1.29 is 4.39 Å². The van der Waals surface area contributed by atoms with Gasteiger partial charge in [0.05, 0.1) is 11.9 Å². The normalized spacial score (nSPS) is 11.1. The quantitative estimate of drug-likeness (QED) is 0.613. The average molecular weight is 321 g/mol. The van der Waals surface area contributed by atoms with Gasteiger partial charge in [-0.05, 0) is 17.7 Å². The highest BCUT2D eigenvalue weighted by molar-refractivity contribution is 6.32. The second kappa shape index (κ2) is 7.37. The van der Waals surface area contributed by atoms with Crippen molar-refractivity contribution in [1.29, 1.82) is 5.41 Å². The molecule has 0 spiro atoms. The minimum atomic E-state index is -0.306. The lowest BCUT2D eigenvalue weighted by molar-refractivity contribution is 0.626. The third kappa shape index (κ3) is 4.16. The Labute approximate surface area is 131 Å². The first kappa shape index (κ1) is 15.7. The molecule has 0 atom stereocenters. The molecule has 2 rings (SSSR count). The Balaban J connectivity index is 2.11. The van der Waals surface area contributed by atoms with Gasteiger partial charge in [0, 0.05) is 19.0 Å². The Morgan fingerprint density at radius 2 is 2.27 bits per heavy atom. The van der Waals surface area contributed by atoms with Crippen LogP contribution in [0.1, 0.15) is 5.56 Å². The van der Waals surface area contributed by atoms with Crippen molar-refractivity contribution in [3.8, 4) is 0 Å². The molecule has 114 valence electrons. The number of nitrogens with zero attached hydrogens (tertiary/aromatic N) is 2. The summed E-state index contributed by atoms with van der Waals surface area (Å²) in [5.74, 6) is 0.329. The zero-order valence-electron chi connectivity index (χ0n) is 11.5. The molecule has 0 saturated heterocycles. The van der Waals surface area contributed by atoms with E-state index < -0.39 is 0 Å². The number of aromatic nitrogens is 2. The van der Waals surface area contributed by atoms with Crippen molar-refractivity contribution in [3.05, 3.63) is 58.8 Å². The number of halogens is 2. The maximum absolute atomic E-state index is 13.1. The van der Waals surface area contributed by atoms with Crippen LogP contribution in [0.4, 0.5) is 16.2 Å². The van der Waals surface area contributed by atoms with Crippen LogP contribution in [0.2, 0.25) is 5.02 Å². The maximum atomic E-state index is 13.1. The predicted molar refractivity (Wildman–Crippen MR) is 85.4 cm³/mol. The fraction of sp³-hybridized carbons (Fsp3) is 0.0714. The van der Waals surface area contributed by atoms with Crippen molar-refractivity contribution in [2.24, 2.45) is 5.73 Å². The van der Waals surface area contributed by atoms with Gasteiger partial charge < -0.3 is 21.8 Å². The molecule has 1 heterocycles. The molecule has 2 aromatic rings. The number of hydrogen-bond acceptors (Lipinski definition) is 6. The monoisotopic (exact) mass is 320 g/mol. The Bertz CT molecular complexity index is 703. The first-order valence-electron chi connectivity index (χ1n) is 6.32. The Hall–Kier alpha value is -2.67. The topological polar surface area (TPSA) is 99.7 Å². The summed E-state index contributed by atoms with van der Waals surface area (Å²) in [6.45, 7) is 0.359. The summed E-state index contributed by atoms with van der Waals surface area (Å²) >= 11 is 6.02. The number of nitrogens with two attached hydrogens (primary N) is 1. The molecule has 0 aliphatic heterocycles. The molecule has 8 heteroatoms. The highest BCUT2D eigenvalue weighted by Crippen LogP contribution is 2.20. The Kier molecular flexibility index (Phi) is 5.26. The molecular formula is C14H14ClFN6. The van der Waals surface area contributed by atoms with Gasteiger partial charge in [-0.2, -0.15) is 4.98 Å². The van der Waals surface area contributed by atoms with E-state index in [2.05, 4.69) is 20.6 Å². The lowest BCUT2D eigenvalue weighted by Crippen LogP contribution is -2.09. The second-order valence-electron chi connectivity index (χ2n) is 4.26. The molecule has 0 fully saturated rings. The zero-order valence-corrected chi connectivity index (χ0v) is 12.2. The SMILES string of the molecule is N=CC(=CN)Nc1ncc(Cl)c(NCc2cccc(F)c2)n1. The zero-order chi connectivity index (χ0) is 15.9. The summed E-state index contributed by atoms with van der Waals surface area (Å²) < 4.78 is 13.1. The molecule has 0 radical (unpaired) electrons. The van der Waals surface area contributed by atoms with Gasteiger partial charge in [0.15, 0.2) is 5.82 Å². The highest BCUT2D eigenvalue weighted by atomic mass is 35.5. The summed E-state index contributed by atoms with van der Waals surface area (Å²) in [7, 11) is 0. The van der Waals surface area contributed by atoms with Crippen molar-refractivity contribution >= 4 is 29.6 Å². The summed E-state index contributed by atoms with van der Waals surface area (Å²) in [6.07, 6.45) is 3.69. The van der Waals surface area contributed by atoms with Gasteiger partial charge in [0.1, 0.15) is 10.8 Å². The standard InChI is InChI=1S/C14H14ClFN6/c15-12-8-20-14(21-11(5-17)6-18)22-13(12)19-7-9-2-1-3-10(16)4-9/h1-6,8,17H,7,18H2,(H2,19,20,21,22). The van der Waals surface area contributed by atoms with Crippen molar-refractivity contribution in [2.45, 2.75) is 6.54 Å². The van der Waals surface area contributed by atoms with E-state index in [0.29, 0.717) is 23.1 Å². The van der Waals surface area contributed by atoms with E-state index in [-0.39, 0.29) is 11.8 Å². The number of nitrogens with one attached hydrogen (secondary N) is 3. The number of hydrogen-bond donors (Lipinski definition) is 4. The van der Waals surface area contributed by atoms with Crippen LogP contribution < -0.4 is 16.4 Å². The molecule has 0 bridgehead atoms. The first-order valence-corrected chi connectivity index (χ1v) is 6.70. The fourth-order valence-corrected chi connectivity index (χ4v) is 1.80. The number of rotatable bonds is 6. The fourth-order valence-electron chi connectivity index (χ4n) is 1.64. The molecule has 1 aromatic heterocycles. The lowest BCUT2D eigenvalue weighted by Gasteiger charge is -2.10. The van der Waals surface area contributed by atoms with Gasteiger partial charge in [-0.25, -0.2) is 9.37 Å². The minimum absolute atomic E-state index is 0.242. The van der Waals surface area contributed by atoms with Gasteiger partial charge in [0.2, 0.25) is 5.95 Å². The van der Waals surface area contributed by atoms with Gasteiger partial charge in [-0.15, -0.1) is 0 Å². The summed E-state index contributed by atoms with van der Waals surface area (Å²) in [5.41, 5.74) is 6.44. The van der Waals surface area contributed by atoms with Gasteiger partial charge in [0.25, 0.3) is 0 Å². The summed E-state index contributed by atoms with van der Waals surface area (Å²) in [6, 6.07) is 6.21. The summed E-state index contributed by atoms with van der Waals surface area (Å²) in [4.78, 5) is 8.18. The highest BCUT2D eigenvalue weighted by Gasteiger charge is 2.06. The number of allylic oxidation sites excluding steroid dienone is 1. The van der Waals surface area contributed by atoms with E-state index >= 15 is 0 Å². The van der Waals surface area contributed by atoms with Crippen LogP contribution in [0.25, 0.3) is 0 Å². The van der Waals surface area contributed by atoms with Gasteiger partial charge in [-0.3, -0.25) is 0 Å². The molecule has 0 aliphatic carbocycles. The minimum Gasteiger partial charge on any atom is -0.403 e. The van der Waals surface area contributed by atoms with E-state index in [0.717, 1.165) is 11.8 Å². The van der Waals surface area contributed by atoms with Gasteiger partial charge in [-0.1, -0.05) is 23.7 Å². The van der Waals surface area contributed by atoms with Crippen LogP contribution in [-0.4, -0.2) is 16.2 Å². The smallest absolute Gasteiger partial charge is 0.229 e. The van der Waals surface area contributed by atoms with Crippen LogP contribution in [0.15, 0.2) is 42.4 Å². The second-order valence-corrected chi connectivity index (χ2v) is 4.67. The molecule has 22 heavy (non-hydrogen) atoms. The van der Waals surface area contributed by atoms with E-state index in [1.165, 1.54) is 24.5 Å². The van der Waals surface area contributed by atoms with Crippen LogP contribution >= 0.6 is 11.6 Å². The van der Waals surface area contributed by atoms with Crippen LogP contribution in [0.3, 0.4) is 0 Å². The largest absolute Gasteiger partial charge is 0.403 e. The predicted octanol–water partition coefficient (Wildman–Crippen LogP) is 2.74. The van der Waals surface area contributed by atoms with Crippen LogP contribution in [0.5, 0.6) is 0 Å². The molecule has 0 amide bonds. The Morgan fingerprint density at radius 1 is 1.45 bits per heavy atom. The number of anilines is 2. The van der Waals surface area contributed by atoms with Crippen molar-refractivity contribution in [1.82, 2.24) is 9.97 Å². The molecule has 6 nitrogen and oxygen atoms in total. The molecule has 1 aromatic carbocycles. The van der Waals surface area contributed by atoms with E-state index in [9.17, 15) is 4.39 Å². The molecule has 0 aliphatic rings. The van der Waals surface area contributed by atoms with E-state index in [4.69, 9.17) is 22.7 Å². The van der Waals surface area contributed by atoms with Gasteiger partial charge >= 0.3 is 0 Å². The van der Waals surface area contributed by atoms with E-state index in [1.54, 1.807) is 12.1 Å². The third-order valence-electron chi connectivity index (χ3n) is 2.68. The number of benzene rings is 1. The average Bonchev–Trinajstić information content (AvgIpc) is 2.53. The lowest BCUT2D eigenvalue weighted by atomic mass is 10.2. The molecule has 0 saturated carbocycles. The Morgan fingerprint density at radius 3 is 2.95 bits per heavy atom. The van der Waals surface area contributed by atoms with Crippen LogP contribution in [-0.2, 0) is 6.54 Å². The first-order chi connectivity index (χ1) is 10.6. The summed E-state index contributed by atoms with van der Waals surface area (Å²) in [5, 5.41) is 13.3. The van der Waals surface area contributed by atoms with E-state index in [1.807, 2.05) is 0 Å². The van der Waals surface area contributed by atoms with Crippen molar-refractivity contribution in [3.63, 3.8) is 0 Å².